The van der Waals surface area contributed by atoms with Crippen LogP contribution in [0.4, 0.5) is 10.5 Å². The van der Waals surface area contributed by atoms with Crippen LogP contribution in [0, 0.1) is 0 Å². The van der Waals surface area contributed by atoms with E-state index in [1.807, 2.05) is 24.3 Å². The number of urea groups is 1. The molecule has 2 unspecified atom stereocenters. The predicted molar refractivity (Wildman–Crippen MR) is 135 cm³/mol. The highest BCUT2D eigenvalue weighted by Crippen LogP contribution is 2.30. The first kappa shape index (κ1) is 25.4. The van der Waals surface area contributed by atoms with Crippen LogP contribution in [0.3, 0.4) is 0 Å². The van der Waals surface area contributed by atoms with E-state index >= 15 is 0 Å². The molecular weight excluding hydrogens is 490 g/mol. The lowest BCUT2D eigenvalue weighted by Crippen LogP contribution is -2.55. The highest BCUT2D eigenvalue weighted by molar-refractivity contribution is 6.05. The molecule has 38 heavy (non-hydrogen) atoms. The molecule has 3 heterocycles. The number of ether oxygens (including phenoxy) is 1. The predicted octanol–water partition coefficient (Wildman–Crippen LogP) is 1.73. The minimum Gasteiger partial charge on any atom is -0.443 e. The van der Waals surface area contributed by atoms with E-state index in [-0.39, 0.29) is 37.9 Å². The number of nitrogens with one attached hydrogen (secondary N) is 3. The fourth-order valence-corrected chi connectivity index (χ4v) is 5.00. The van der Waals surface area contributed by atoms with Gasteiger partial charge in [0.05, 0.1) is 0 Å². The number of piperidine rings is 1. The Kier molecular flexibility index (Phi) is 7.36. The zero-order valence-corrected chi connectivity index (χ0v) is 20.8. The number of hydrogen-bond donors (Lipinski definition) is 3. The van der Waals surface area contributed by atoms with Gasteiger partial charge in [-0.25, -0.2) is 9.69 Å². The molecule has 2 aromatic rings. The standard InChI is InChI=1S/C27H29N5O6/c33-23-11-10-22(25(35)32(23)16-38-26(36)21-7-4-12-28-21)31-15-18-13-17(8-9-20(18)24(31)34)14-29-27(37)30-19-5-2-1-3-6-19/h1-3,5-6,8-9,13,21-22,28H,4,7,10-12,14-16H2,(H2,29,30,37). The van der Waals surface area contributed by atoms with Crippen molar-refractivity contribution in [2.75, 3.05) is 18.6 Å². The van der Waals surface area contributed by atoms with Crippen LogP contribution in [0.15, 0.2) is 48.5 Å². The molecule has 198 valence electrons. The minimum atomic E-state index is -0.825. The maximum Gasteiger partial charge on any atom is 0.324 e. The van der Waals surface area contributed by atoms with Gasteiger partial charge in [-0.2, -0.15) is 0 Å². The molecule has 5 rings (SSSR count). The van der Waals surface area contributed by atoms with E-state index in [0.29, 0.717) is 17.7 Å². The summed E-state index contributed by atoms with van der Waals surface area (Å²) < 4.78 is 5.25. The third kappa shape index (κ3) is 5.37. The van der Waals surface area contributed by atoms with Gasteiger partial charge in [-0.3, -0.25) is 19.2 Å². The molecule has 0 aromatic heterocycles. The number of carbonyl (C=O) groups is 5. The lowest BCUT2D eigenvalue weighted by Gasteiger charge is -2.35. The molecule has 3 N–H and O–H groups in total. The summed E-state index contributed by atoms with van der Waals surface area (Å²) in [6, 6.07) is 12.8. The van der Waals surface area contributed by atoms with Gasteiger partial charge in [0.15, 0.2) is 6.73 Å². The monoisotopic (exact) mass is 519 g/mol. The van der Waals surface area contributed by atoms with E-state index in [0.717, 1.165) is 29.0 Å². The first-order valence-electron chi connectivity index (χ1n) is 12.7. The maximum atomic E-state index is 13.2. The van der Waals surface area contributed by atoms with E-state index in [4.69, 9.17) is 4.74 Å². The number of para-hydroxylation sites is 1. The Morgan fingerprint density at radius 1 is 1.05 bits per heavy atom. The van der Waals surface area contributed by atoms with Crippen LogP contribution < -0.4 is 16.0 Å². The summed E-state index contributed by atoms with van der Waals surface area (Å²) >= 11 is 0. The number of hydrogen-bond acceptors (Lipinski definition) is 7. The Balaban J connectivity index is 1.19. The molecule has 0 radical (unpaired) electrons. The molecule has 3 aliphatic rings. The summed E-state index contributed by atoms with van der Waals surface area (Å²) in [5, 5.41) is 8.57. The van der Waals surface area contributed by atoms with Gasteiger partial charge in [0.2, 0.25) is 5.91 Å². The van der Waals surface area contributed by atoms with Crippen molar-refractivity contribution in [1.82, 2.24) is 20.4 Å². The SMILES string of the molecule is O=C(NCc1ccc2c(c1)CN(C1CCC(=O)N(COC(=O)C3CCCN3)C1=O)C2=O)Nc1ccccc1. The quantitative estimate of drug-likeness (QED) is 0.374. The number of amides is 5. The highest BCUT2D eigenvalue weighted by Gasteiger charge is 2.43. The third-order valence-corrected chi connectivity index (χ3v) is 7.03. The third-order valence-electron chi connectivity index (χ3n) is 7.03. The molecule has 0 spiro atoms. The van der Waals surface area contributed by atoms with Gasteiger partial charge < -0.3 is 25.6 Å². The smallest absolute Gasteiger partial charge is 0.324 e. The van der Waals surface area contributed by atoms with Crippen LogP contribution in [-0.2, 0) is 32.2 Å². The Morgan fingerprint density at radius 3 is 2.63 bits per heavy atom. The number of imide groups is 1. The second-order valence-electron chi connectivity index (χ2n) is 9.55. The molecule has 2 fully saturated rings. The average molecular weight is 520 g/mol. The number of benzene rings is 2. The van der Waals surface area contributed by atoms with Gasteiger partial charge in [-0.05, 0) is 55.1 Å². The summed E-state index contributed by atoms with van der Waals surface area (Å²) in [6.45, 7) is 0.731. The summed E-state index contributed by atoms with van der Waals surface area (Å²) in [5.41, 5.74) is 2.71. The van der Waals surface area contributed by atoms with E-state index in [1.54, 1.807) is 24.3 Å². The van der Waals surface area contributed by atoms with Gasteiger partial charge in [0.1, 0.15) is 12.1 Å². The Bertz CT molecular complexity index is 1260. The molecule has 5 amide bonds. The van der Waals surface area contributed by atoms with Gasteiger partial charge >= 0.3 is 12.0 Å². The molecule has 2 aromatic carbocycles. The lowest BCUT2D eigenvalue weighted by atomic mass is 10.0. The number of rotatable bonds is 7. The van der Waals surface area contributed by atoms with Crippen molar-refractivity contribution in [2.24, 2.45) is 0 Å². The normalized spacial score (nSPS) is 20.9. The van der Waals surface area contributed by atoms with Crippen LogP contribution in [0.25, 0.3) is 0 Å². The molecule has 0 bridgehead atoms. The van der Waals surface area contributed by atoms with Crippen molar-refractivity contribution in [1.29, 1.82) is 0 Å². The average Bonchev–Trinajstić information content (AvgIpc) is 3.57. The molecule has 0 saturated carbocycles. The van der Waals surface area contributed by atoms with Crippen molar-refractivity contribution in [3.8, 4) is 0 Å². The van der Waals surface area contributed by atoms with Gasteiger partial charge in [0, 0.05) is 30.8 Å². The van der Waals surface area contributed by atoms with Crippen molar-refractivity contribution < 1.29 is 28.7 Å². The molecule has 2 atom stereocenters. The topological polar surface area (TPSA) is 137 Å². The van der Waals surface area contributed by atoms with Crippen LogP contribution in [0.1, 0.15) is 47.2 Å². The summed E-state index contributed by atoms with van der Waals surface area (Å²) in [4.78, 5) is 65.6. The number of anilines is 1. The van der Waals surface area contributed by atoms with E-state index in [2.05, 4.69) is 16.0 Å². The maximum absolute atomic E-state index is 13.2. The van der Waals surface area contributed by atoms with E-state index < -0.39 is 36.6 Å². The fourth-order valence-electron chi connectivity index (χ4n) is 5.00. The molecule has 2 saturated heterocycles. The van der Waals surface area contributed by atoms with Crippen LogP contribution in [0.2, 0.25) is 0 Å². The first-order chi connectivity index (χ1) is 18.4. The fraction of sp³-hybridized carbons (Fsp3) is 0.370. The zero-order valence-electron chi connectivity index (χ0n) is 20.8. The number of nitrogens with zero attached hydrogens (tertiary/aromatic N) is 2. The van der Waals surface area contributed by atoms with E-state index in [1.165, 1.54) is 4.90 Å². The van der Waals surface area contributed by atoms with E-state index in [9.17, 15) is 24.0 Å². The molecule has 11 heteroatoms. The Morgan fingerprint density at radius 2 is 1.87 bits per heavy atom. The number of likely N-dealkylation sites (tertiary alicyclic amines) is 1. The van der Waals surface area contributed by atoms with Crippen LogP contribution >= 0.6 is 0 Å². The highest BCUT2D eigenvalue weighted by atomic mass is 16.5. The second-order valence-corrected chi connectivity index (χ2v) is 9.55. The van der Waals surface area contributed by atoms with Crippen molar-refractivity contribution in [3.05, 3.63) is 65.2 Å². The van der Waals surface area contributed by atoms with Crippen molar-refractivity contribution >= 4 is 35.4 Å². The van der Waals surface area contributed by atoms with Gasteiger partial charge in [-0.15, -0.1) is 0 Å². The molecular formula is C27H29N5O6. The summed E-state index contributed by atoms with van der Waals surface area (Å²) in [6.07, 6.45) is 1.79. The summed E-state index contributed by atoms with van der Waals surface area (Å²) in [7, 11) is 0. The molecule has 0 aliphatic carbocycles. The minimum absolute atomic E-state index is 0.0709. The first-order valence-corrected chi connectivity index (χ1v) is 12.7. The second kappa shape index (κ2) is 11.0. The Labute approximate surface area is 219 Å². The van der Waals surface area contributed by atoms with Crippen LogP contribution in [-0.4, -0.2) is 64.9 Å². The number of carbonyl (C=O) groups excluding carboxylic acids is 5. The van der Waals surface area contributed by atoms with Crippen molar-refractivity contribution in [3.63, 3.8) is 0 Å². The molecule has 3 aliphatic heterocycles. The van der Waals surface area contributed by atoms with Crippen LogP contribution in [0.5, 0.6) is 0 Å². The Hall–Kier alpha value is -4.25. The largest absolute Gasteiger partial charge is 0.443 e. The molecule has 11 nitrogen and oxygen atoms in total. The zero-order chi connectivity index (χ0) is 26.6. The number of esters is 1. The van der Waals surface area contributed by atoms with Crippen molar-refractivity contribution in [2.45, 2.75) is 50.9 Å². The van der Waals surface area contributed by atoms with Gasteiger partial charge in [-0.1, -0.05) is 30.3 Å². The number of fused-ring (bicyclic) bond motifs is 1. The van der Waals surface area contributed by atoms with Gasteiger partial charge in [0.25, 0.3) is 11.8 Å². The lowest BCUT2D eigenvalue weighted by molar-refractivity contribution is -0.165. The summed E-state index contributed by atoms with van der Waals surface area (Å²) in [5.74, 6) is -1.76.